The molecule has 2 saturated heterocycles. The van der Waals surface area contributed by atoms with Gasteiger partial charge in [-0.25, -0.2) is 0 Å². The molecule has 5 aliphatic carbocycles. The van der Waals surface area contributed by atoms with Crippen LogP contribution in [0, 0.1) is 35.0 Å². The molecule has 0 aromatic heterocycles. The summed E-state index contributed by atoms with van der Waals surface area (Å²) in [4.78, 5) is 196. The van der Waals surface area contributed by atoms with Crippen LogP contribution in [0.15, 0.2) is 12.2 Å². The van der Waals surface area contributed by atoms with Gasteiger partial charge in [0.05, 0.1) is 24.4 Å². The number of alkyl halides is 2. The van der Waals surface area contributed by atoms with Crippen LogP contribution >= 0.6 is 23.2 Å². The van der Waals surface area contributed by atoms with Crippen LogP contribution in [0.25, 0.3) is 0 Å². The van der Waals surface area contributed by atoms with E-state index in [9.17, 15) is 24.0 Å². The summed E-state index contributed by atoms with van der Waals surface area (Å²) in [6.45, 7) is 13.0. The Labute approximate surface area is 628 Å². The molecule has 13 atom stereocenters. The second kappa shape index (κ2) is 36.7. The zero-order valence-corrected chi connectivity index (χ0v) is 66.3. The number of halogens is 2. The van der Waals surface area contributed by atoms with Crippen molar-refractivity contribution < 1.29 is 62.3 Å². The molecule has 0 aromatic carbocycles. The Hall–Kier alpha value is -6.08. The fourth-order valence-corrected chi connectivity index (χ4v) is 18.4. The molecule has 25 nitrogen and oxygen atoms in total. The summed E-state index contributed by atoms with van der Waals surface area (Å²) in [5, 5.41) is 8.64. The average molecular weight is 1500 g/mol. The third kappa shape index (κ3) is 20.2. The van der Waals surface area contributed by atoms with E-state index < -0.39 is 162 Å². The quantitative estimate of drug-likeness (QED) is 0.124. The first-order valence-corrected chi connectivity index (χ1v) is 39.9. The van der Waals surface area contributed by atoms with E-state index in [4.69, 9.17) is 27.9 Å². The van der Waals surface area contributed by atoms with Gasteiger partial charge < -0.3 is 64.8 Å². The number of ether oxygens (including phenoxy) is 1. The van der Waals surface area contributed by atoms with Gasteiger partial charge in [-0.2, -0.15) is 0 Å². The van der Waals surface area contributed by atoms with Gasteiger partial charge in [-0.05, 0) is 138 Å². The van der Waals surface area contributed by atoms with Gasteiger partial charge in [0.2, 0.25) is 70.9 Å². The maximum Gasteiger partial charge on any atom is 0.248 e. The van der Waals surface area contributed by atoms with Crippen LogP contribution in [0.1, 0.15) is 209 Å². The fraction of sp³-hybridized carbons (Fsp3) is 0.818. The van der Waals surface area contributed by atoms with E-state index in [-0.39, 0.29) is 92.8 Å². The lowest BCUT2D eigenvalue weighted by molar-refractivity contribution is -0.161. The lowest BCUT2D eigenvalue weighted by Gasteiger charge is -2.54. The standard InChI is InChI=1S/C77H124Cl2N12O13/c1-15-23-57-67(95)81-65(48(5)16-2)73(101)90(52-33-34-52)44-64(94)86(12)58-26-19-18-22-37-89(72(58)100)61(39-50-29-27-47(4)28-30-50)71(99)84(10)43-62(92)80-56(36-32-49-31-35-54(78)55(79)38-49)69(97)91-42-53(104-17-3)40-59(91)68(96)82-77(45-76(6,7)46-77)75(103)88(14)66(51-24-20-21-25-51)74(102)87(13)60(70(98)83(8)9)41-63(93)85(57)11/h18-19,47-61,65-66H,15-17,20-46H2,1-14H3,(H,80,92)(H,81,95)(H,82,96)/b19-18-/t47?,48-,49?,50?,53+,54?,55?,56-,57-,58-,59-,60-,61-,65-,66-/m0/s1. The molecule has 12 amide bonds. The number of fused-ring (bicyclic) bond motifs is 3. The number of likely N-dealkylation sites (N-methyl/N-ethyl adjacent to an activating group) is 6. The predicted molar refractivity (Wildman–Crippen MR) is 397 cm³/mol. The Kier molecular flexibility index (Phi) is 29.5. The molecular formula is C77H124Cl2N12O13. The third-order valence-electron chi connectivity index (χ3n) is 24.3. The van der Waals surface area contributed by atoms with Crippen LogP contribution in [-0.2, 0) is 62.3 Å². The molecule has 3 unspecified atom stereocenters. The summed E-state index contributed by atoms with van der Waals surface area (Å²) >= 11 is 13.4. The summed E-state index contributed by atoms with van der Waals surface area (Å²) in [5.74, 6) is -7.08. The zero-order chi connectivity index (χ0) is 76.4. The van der Waals surface area contributed by atoms with Crippen LogP contribution in [0.3, 0.4) is 0 Å². The smallest absolute Gasteiger partial charge is 0.248 e. The summed E-state index contributed by atoms with van der Waals surface area (Å²) in [7, 11) is 10.5. The van der Waals surface area contributed by atoms with Crippen LogP contribution in [0.5, 0.6) is 0 Å². The molecule has 1 spiro atoms. The van der Waals surface area contributed by atoms with Crippen molar-refractivity contribution in [1.29, 1.82) is 0 Å². The normalized spacial score (nSPS) is 32.9. The summed E-state index contributed by atoms with van der Waals surface area (Å²) in [6.07, 6.45) is 14.8. The van der Waals surface area contributed by atoms with E-state index in [2.05, 4.69) is 22.9 Å². The number of hydrogen-bond acceptors (Lipinski definition) is 13. The van der Waals surface area contributed by atoms with Crippen molar-refractivity contribution in [3.63, 3.8) is 0 Å². The highest BCUT2D eigenvalue weighted by molar-refractivity contribution is 6.30. The zero-order valence-electron chi connectivity index (χ0n) is 64.8. The number of amides is 12. The first-order valence-electron chi connectivity index (χ1n) is 39.1. The minimum atomic E-state index is -1.57. The van der Waals surface area contributed by atoms with Crippen molar-refractivity contribution in [1.82, 2.24) is 60.0 Å². The summed E-state index contributed by atoms with van der Waals surface area (Å²) < 4.78 is 6.18. The molecular weight excluding hydrogens is 1370 g/mol. The van der Waals surface area contributed by atoms with Gasteiger partial charge in [0.1, 0.15) is 60.4 Å². The Morgan fingerprint density at radius 2 is 1.32 bits per heavy atom. The van der Waals surface area contributed by atoms with Gasteiger partial charge in [0, 0.05) is 86.9 Å². The summed E-state index contributed by atoms with van der Waals surface area (Å²) in [5.41, 5.74) is -2.03. The Bertz CT molecular complexity index is 3110. The number of nitrogens with zero attached hydrogens (tertiary/aromatic N) is 9. The van der Waals surface area contributed by atoms with Gasteiger partial charge in [-0.3, -0.25) is 57.5 Å². The lowest BCUT2D eigenvalue weighted by atomic mass is 9.58. The maximum absolute atomic E-state index is 15.8. The van der Waals surface area contributed by atoms with Crippen molar-refractivity contribution in [3.8, 4) is 0 Å². The average Bonchev–Trinajstić information content (AvgIpc) is 1.02. The van der Waals surface area contributed by atoms with E-state index >= 15 is 33.6 Å². The second-order valence-electron chi connectivity index (χ2n) is 33.1. The van der Waals surface area contributed by atoms with Crippen LogP contribution in [0.4, 0.5) is 0 Å². The van der Waals surface area contributed by atoms with Crippen molar-refractivity contribution in [2.24, 2.45) is 35.0 Å². The lowest BCUT2D eigenvalue weighted by Crippen LogP contribution is -2.71. The molecule has 7 fully saturated rings. The van der Waals surface area contributed by atoms with Gasteiger partial charge in [-0.1, -0.05) is 105 Å². The first-order chi connectivity index (χ1) is 49.2. The van der Waals surface area contributed by atoms with Gasteiger partial charge in [0.25, 0.3) is 0 Å². The molecule has 8 aliphatic rings. The van der Waals surface area contributed by atoms with Crippen LogP contribution in [-0.4, -0.2) is 274 Å². The molecule has 8 rings (SSSR count). The van der Waals surface area contributed by atoms with E-state index in [1.807, 2.05) is 53.7 Å². The van der Waals surface area contributed by atoms with Gasteiger partial charge >= 0.3 is 0 Å². The highest BCUT2D eigenvalue weighted by atomic mass is 35.5. The largest absolute Gasteiger partial charge is 0.377 e. The Balaban J connectivity index is 1.21. The number of rotatable bonds is 14. The molecule has 3 heterocycles. The molecule has 3 aliphatic heterocycles. The van der Waals surface area contributed by atoms with Gasteiger partial charge in [-0.15, -0.1) is 23.2 Å². The topological polar surface area (TPSA) is 279 Å². The van der Waals surface area contributed by atoms with Crippen molar-refractivity contribution in [3.05, 3.63) is 12.2 Å². The molecule has 584 valence electrons. The monoisotopic (exact) mass is 1490 g/mol. The number of nitrogens with one attached hydrogen (secondary N) is 3. The van der Waals surface area contributed by atoms with Gasteiger partial charge in [0.15, 0.2) is 0 Å². The van der Waals surface area contributed by atoms with Crippen LogP contribution < -0.4 is 16.0 Å². The maximum atomic E-state index is 15.8. The summed E-state index contributed by atoms with van der Waals surface area (Å²) in [6, 6.07) is -9.78. The molecule has 5 saturated carbocycles. The van der Waals surface area contributed by atoms with E-state index in [0.29, 0.717) is 76.5 Å². The molecule has 27 heteroatoms. The molecule has 0 radical (unpaired) electrons. The molecule has 3 N–H and O–H groups in total. The first kappa shape index (κ1) is 83.6. The predicted octanol–water partition coefficient (Wildman–Crippen LogP) is 6.48. The molecule has 2 bridgehead atoms. The minimum absolute atomic E-state index is 0.0246. The third-order valence-corrected chi connectivity index (χ3v) is 25.4. The highest BCUT2D eigenvalue weighted by Gasteiger charge is 2.59. The number of carbonyl (C=O) groups excluding carboxylic acids is 12. The van der Waals surface area contributed by atoms with E-state index in [1.54, 1.807) is 11.9 Å². The Morgan fingerprint density at radius 1 is 0.654 bits per heavy atom. The van der Waals surface area contributed by atoms with E-state index in [1.165, 1.54) is 81.5 Å². The van der Waals surface area contributed by atoms with Crippen LogP contribution in [0.2, 0.25) is 0 Å². The number of hydrogen-bond donors (Lipinski definition) is 3. The highest BCUT2D eigenvalue weighted by Crippen LogP contribution is 2.50. The SMILES string of the molecule is CCC[C@H]1C(=O)N[C@@H]([C@@H](C)CC)C(=O)N(C2CC2)CC(=O)N(C)[C@H]2C/C=C\CCN(C2=O)[C@@H](CC2CCC(C)CC2)C(=O)N(C)CC(=O)N[C@@H](CCC2CCC(Cl)C(Cl)C2)C(=O)N2C[C@H](OCC)C[C@H]2C(=O)NC2(CC(C)(C)C2)C(=O)N(C)[C@@H](C2CCCC2)C(=O)N(C)[C@H](C(=O)N(C)C)CC(=O)N1C. The number of carbonyl (C=O) groups is 12. The fourth-order valence-electron chi connectivity index (χ4n) is 17.8. The molecule has 0 aromatic rings. The van der Waals surface area contributed by atoms with E-state index in [0.717, 1.165) is 44.9 Å². The minimum Gasteiger partial charge on any atom is -0.377 e. The molecule has 104 heavy (non-hydrogen) atoms. The van der Waals surface area contributed by atoms with Crippen molar-refractivity contribution in [2.75, 3.05) is 82.1 Å². The van der Waals surface area contributed by atoms with Crippen molar-refractivity contribution in [2.45, 2.75) is 286 Å². The van der Waals surface area contributed by atoms with Crippen molar-refractivity contribution >= 4 is 94.1 Å². The Morgan fingerprint density at radius 3 is 1.92 bits per heavy atom. The second-order valence-corrected chi connectivity index (χ2v) is 34.2.